The Bertz CT molecular complexity index is 597. The topological polar surface area (TPSA) is 50.5 Å². The Morgan fingerprint density at radius 2 is 2.09 bits per heavy atom. The fourth-order valence-corrected chi connectivity index (χ4v) is 3.72. The van der Waals surface area contributed by atoms with Crippen LogP contribution in [0.1, 0.15) is 37.9 Å². The molecule has 2 fully saturated rings. The van der Waals surface area contributed by atoms with Crippen molar-refractivity contribution in [2.45, 2.75) is 32.1 Å². The molecule has 0 spiro atoms. The second kappa shape index (κ2) is 7.01. The van der Waals surface area contributed by atoms with Crippen LogP contribution in [-0.4, -0.2) is 22.6 Å². The van der Waals surface area contributed by atoms with Crippen molar-refractivity contribution in [1.29, 1.82) is 0 Å². The molecule has 1 aliphatic carbocycles. The standard InChI is InChI=1S/C17H19NO3S/c19-16-15(10-4-8-14-9-5-11-21-14)22-17(20)18(16)12-13-6-2-1-3-7-13/h4-5,8-11,13H,1-3,6-7,12H2/b8-4+,15-10+. The molecule has 2 heterocycles. The molecule has 0 bridgehead atoms. The number of amides is 2. The van der Waals surface area contributed by atoms with E-state index in [4.69, 9.17) is 4.42 Å². The summed E-state index contributed by atoms with van der Waals surface area (Å²) in [5, 5.41) is -0.145. The maximum atomic E-state index is 12.3. The summed E-state index contributed by atoms with van der Waals surface area (Å²) in [5.74, 6) is 1.03. The highest BCUT2D eigenvalue weighted by Gasteiger charge is 2.36. The van der Waals surface area contributed by atoms with Crippen molar-refractivity contribution in [3.63, 3.8) is 0 Å². The van der Waals surface area contributed by atoms with Crippen molar-refractivity contribution >= 4 is 29.0 Å². The lowest BCUT2D eigenvalue weighted by atomic mass is 9.89. The highest BCUT2D eigenvalue weighted by molar-refractivity contribution is 8.18. The van der Waals surface area contributed by atoms with Gasteiger partial charge in [-0.3, -0.25) is 14.5 Å². The number of thioether (sulfide) groups is 1. The molecule has 4 nitrogen and oxygen atoms in total. The van der Waals surface area contributed by atoms with E-state index in [0.29, 0.717) is 17.4 Å². The first kappa shape index (κ1) is 15.2. The van der Waals surface area contributed by atoms with E-state index in [0.717, 1.165) is 30.4 Å². The van der Waals surface area contributed by atoms with Gasteiger partial charge in [-0.25, -0.2) is 0 Å². The molecule has 5 heteroatoms. The van der Waals surface area contributed by atoms with Crippen LogP contribution in [0.4, 0.5) is 4.79 Å². The van der Waals surface area contributed by atoms with E-state index in [1.807, 2.05) is 6.07 Å². The van der Waals surface area contributed by atoms with Crippen LogP contribution < -0.4 is 0 Å². The average Bonchev–Trinajstić information content (AvgIpc) is 3.13. The minimum atomic E-state index is -0.162. The number of carbonyl (C=O) groups excluding carboxylic acids is 2. The van der Waals surface area contributed by atoms with Gasteiger partial charge < -0.3 is 4.42 Å². The Morgan fingerprint density at radius 3 is 2.82 bits per heavy atom. The molecule has 116 valence electrons. The Labute approximate surface area is 134 Å². The molecule has 0 unspecified atom stereocenters. The molecule has 0 aromatic carbocycles. The highest BCUT2D eigenvalue weighted by atomic mass is 32.2. The minimum absolute atomic E-state index is 0.145. The van der Waals surface area contributed by atoms with Crippen molar-refractivity contribution < 1.29 is 14.0 Å². The van der Waals surface area contributed by atoms with Gasteiger partial charge in [0.2, 0.25) is 0 Å². The summed E-state index contributed by atoms with van der Waals surface area (Å²) in [7, 11) is 0. The lowest BCUT2D eigenvalue weighted by molar-refractivity contribution is -0.123. The van der Waals surface area contributed by atoms with E-state index in [9.17, 15) is 9.59 Å². The van der Waals surface area contributed by atoms with Crippen LogP contribution in [0, 0.1) is 5.92 Å². The second-order valence-corrected chi connectivity index (χ2v) is 6.69. The number of hydrogen-bond acceptors (Lipinski definition) is 4. The van der Waals surface area contributed by atoms with Gasteiger partial charge in [0.15, 0.2) is 0 Å². The molecular weight excluding hydrogens is 298 g/mol. The summed E-state index contributed by atoms with van der Waals surface area (Å²) >= 11 is 1.02. The third-order valence-electron chi connectivity index (χ3n) is 4.09. The lowest BCUT2D eigenvalue weighted by Crippen LogP contribution is -2.34. The first-order chi connectivity index (χ1) is 10.7. The van der Waals surface area contributed by atoms with E-state index >= 15 is 0 Å². The number of rotatable bonds is 4. The van der Waals surface area contributed by atoms with Crippen LogP contribution in [0.2, 0.25) is 0 Å². The number of furan rings is 1. The third kappa shape index (κ3) is 3.53. The van der Waals surface area contributed by atoms with Gasteiger partial charge in [-0.05, 0) is 54.8 Å². The zero-order valence-electron chi connectivity index (χ0n) is 12.4. The Hall–Kier alpha value is -1.75. The van der Waals surface area contributed by atoms with Gasteiger partial charge in [0, 0.05) is 6.54 Å². The van der Waals surface area contributed by atoms with Gasteiger partial charge in [-0.15, -0.1) is 0 Å². The molecule has 0 radical (unpaired) electrons. The number of allylic oxidation sites excluding steroid dienone is 2. The lowest BCUT2D eigenvalue weighted by Gasteiger charge is -2.25. The molecule has 1 saturated carbocycles. The minimum Gasteiger partial charge on any atom is -0.465 e. The van der Waals surface area contributed by atoms with Crippen molar-refractivity contribution in [2.24, 2.45) is 5.92 Å². The van der Waals surface area contributed by atoms with Crippen molar-refractivity contribution in [3.8, 4) is 0 Å². The summed E-state index contributed by atoms with van der Waals surface area (Å²) in [6, 6.07) is 3.64. The monoisotopic (exact) mass is 317 g/mol. The molecule has 0 N–H and O–H groups in total. The van der Waals surface area contributed by atoms with Crippen molar-refractivity contribution in [1.82, 2.24) is 4.90 Å². The molecule has 1 aromatic heterocycles. The van der Waals surface area contributed by atoms with Crippen LogP contribution in [0.15, 0.2) is 39.9 Å². The van der Waals surface area contributed by atoms with E-state index < -0.39 is 0 Å². The zero-order valence-corrected chi connectivity index (χ0v) is 13.2. The molecular formula is C17H19NO3S. The number of carbonyl (C=O) groups is 2. The third-order valence-corrected chi connectivity index (χ3v) is 5.02. The second-order valence-electron chi connectivity index (χ2n) is 5.69. The molecule has 1 aliphatic heterocycles. The first-order valence-electron chi connectivity index (χ1n) is 7.69. The van der Waals surface area contributed by atoms with E-state index in [2.05, 4.69) is 0 Å². The number of nitrogens with zero attached hydrogens (tertiary/aromatic N) is 1. The smallest absolute Gasteiger partial charge is 0.293 e. The summed E-state index contributed by atoms with van der Waals surface area (Å²) in [6.07, 6.45) is 12.7. The van der Waals surface area contributed by atoms with Crippen molar-refractivity contribution in [3.05, 3.63) is 41.2 Å². The summed E-state index contributed by atoms with van der Waals surface area (Å²) < 4.78 is 5.18. The fraction of sp³-hybridized carbons (Fsp3) is 0.412. The summed E-state index contributed by atoms with van der Waals surface area (Å²) in [4.78, 5) is 26.3. The molecule has 3 rings (SSSR count). The summed E-state index contributed by atoms with van der Waals surface area (Å²) in [6.45, 7) is 0.573. The van der Waals surface area contributed by atoms with Gasteiger partial charge in [0.25, 0.3) is 11.1 Å². The largest absolute Gasteiger partial charge is 0.465 e. The van der Waals surface area contributed by atoms with Crippen LogP contribution >= 0.6 is 11.8 Å². The van der Waals surface area contributed by atoms with E-state index in [-0.39, 0.29) is 11.1 Å². The normalized spacial score (nSPS) is 22.4. The van der Waals surface area contributed by atoms with Crippen LogP contribution in [-0.2, 0) is 4.79 Å². The molecule has 1 aromatic rings. The van der Waals surface area contributed by atoms with Gasteiger partial charge in [0.1, 0.15) is 5.76 Å². The van der Waals surface area contributed by atoms with E-state index in [1.54, 1.807) is 30.6 Å². The van der Waals surface area contributed by atoms with Crippen LogP contribution in [0.5, 0.6) is 0 Å². The van der Waals surface area contributed by atoms with Gasteiger partial charge in [-0.1, -0.05) is 25.3 Å². The molecule has 0 atom stereocenters. The van der Waals surface area contributed by atoms with Crippen LogP contribution in [0.3, 0.4) is 0 Å². The maximum absolute atomic E-state index is 12.3. The molecule has 2 aliphatic rings. The Balaban J connectivity index is 1.63. The Kier molecular flexibility index (Phi) is 4.83. The highest BCUT2D eigenvalue weighted by Crippen LogP contribution is 2.33. The van der Waals surface area contributed by atoms with Gasteiger partial charge in [0.05, 0.1) is 11.2 Å². The zero-order chi connectivity index (χ0) is 15.4. The van der Waals surface area contributed by atoms with Crippen molar-refractivity contribution in [2.75, 3.05) is 6.54 Å². The molecule has 1 saturated heterocycles. The van der Waals surface area contributed by atoms with Crippen LogP contribution in [0.25, 0.3) is 6.08 Å². The van der Waals surface area contributed by atoms with Gasteiger partial charge >= 0.3 is 0 Å². The number of imide groups is 1. The predicted molar refractivity (Wildman–Crippen MR) is 87.1 cm³/mol. The molecule has 2 amide bonds. The first-order valence-corrected chi connectivity index (χ1v) is 8.51. The average molecular weight is 317 g/mol. The Morgan fingerprint density at radius 1 is 1.27 bits per heavy atom. The van der Waals surface area contributed by atoms with Gasteiger partial charge in [-0.2, -0.15) is 0 Å². The summed E-state index contributed by atoms with van der Waals surface area (Å²) in [5.41, 5.74) is 0. The SMILES string of the molecule is O=C1S/C(=C/C=C/c2ccco2)C(=O)N1CC1CCCCC1. The maximum Gasteiger partial charge on any atom is 0.293 e. The predicted octanol–water partition coefficient (Wildman–Crippen LogP) is 4.45. The fourth-order valence-electron chi connectivity index (χ4n) is 2.92. The molecule has 22 heavy (non-hydrogen) atoms. The van der Waals surface area contributed by atoms with E-state index in [1.165, 1.54) is 24.2 Å². The quantitative estimate of drug-likeness (QED) is 0.770. The number of hydrogen-bond donors (Lipinski definition) is 0.